The Morgan fingerprint density at radius 2 is 1.86 bits per heavy atom. The fourth-order valence-electron chi connectivity index (χ4n) is 1.83. The highest BCUT2D eigenvalue weighted by Gasteiger charge is 2.16. The number of nitrogens with one attached hydrogen (secondary N) is 1. The van der Waals surface area contributed by atoms with E-state index in [2.05, 4.69) is 10.5 Å². The lowest BCUT2D eigenvalue weighted by molar-refractivity contribution is 0.102. The third-order valence-electron chi connectivity index (χ3n) is 2.91. The molecule has 0 aliphatic heterocycles. The van der Waals surface area contributed by atoms with Crippen molar-refractivity contribution in [3.63, 3.8) is 0 Å². The van der Waals surface area contributed by atoms with Crippen molar-refractivity contribution in [3.8, 4) is 0 Å². The van der Waals surface area contributed by atoms with Gasteiger partial charge in [-0.25, -0.2) is 4.39 Å². The van der Waals surface area contributed by atoms with Gasteiger partial charge in [-0.2, -0.15) is 0 Å². The minimum absolute atomic E-state index is 0.121. The van der Waals surface area contributed by atoms with E-state index in [0.717, 1.165) is 0 Å². The van der Waals surface area contributed by atoms with E-state index >= 15 is 0 Å². The number of para-hydroxylation sites is 1. The summed E-state index contributed by atoms with van der Waals surface area (Å²) in [6.45, 7) is 1.59. The van der Waals surface area contributed by atoms with Crippen LogP contribution in [-0.2, 0) is 0 Å². The van der Waals surface area contributed by atoms with Gasteiger partial charge in [-0.15, -0.1) is 0 Å². The largest absolute Gasteiger partial charge is 0.411 e. The Labute approximate surface area is 125 Å². The summed E-state index contributed by atoms with van der Waals surface area (Å²) in [4.78, 5) is 12.1. The van der Waals surface area contributed by atoms with Gasteiger partial charge in [-0.1, -0.05) is 41.0 Å². The van der Waals surface area contributed by atoms with Crippen molar-refractivity contribution in [1.82, 2.24) is 0 Å². The molecule has 4 nitrogen and oxygen atoms in total. The van der Waals surface area contributed by atoms with Crippen LogP contribution >= 0.6 is 11.6 Å². The van der Waals surface area contributed by atoms with E-state index in [1.165, 1.54) is 18.2 Å². The zero-order chi connectivity index (χ0) is 15.4. The third-order valence-corrected chi connectivity index (χ3v) is 3.20. The van der Waals surface area contributed by atoms with Crippen LogP contribution in [0.5, 0.6) is 0 Å². The van der Waals surface area contributed by atoms with Gasteiger partial charge in [0.25, 0.3) is 5.91 Å². The van der Waals surface area contributed by atoms with Crippen LogP contribution < -0.4 is 5.32 Å². The summed E-state index contributed by atoms with van der Waals surface area (Å²) in [6.07, 6.45) is 0. The molecule has 0 heterocycles. The highest BCUT2D eigenvalue weighted by atomic mass is 35.5. The summed E-state index contributed by atoms with van der Waals surface area (Å²) in [5, 5.41) is 14.4. The number of nitrogens with zero attached hydrogens (tertiary/aromatic N) is 1. The Morgan fingerprint density at radius 1 is 1.19 bits per heavy atom. The third kappa shape index (κ3) is 3.20. The van der Waals surface area contributed by atoms with Gasteiger partial charge >= 0.3 is 0 Å². The molecule has 0 fully saturated rings. The molecule has 1 amide bonds. The standard InChI is InChI=1S/C15H12ClFN2O2/c1-9(19-21)10-5-2-3-8-13(10)18-15(20)11-6-4-7-12(16)14(11)17/h2-8,21H,1H3,(H,18,20)/b19-9-. The Balaban J connectivity index is 2.35. The zero-order valence-electron chi connectivity index (χ0n) is 11.1. The van der Waals surface area contributed by atoms with E-state index in [1.807, 2.05) is 0 Å². The second-order valence-corrected chi connectivity index (χ2v) is 4.69. The molecule has 0 atom stereocenters. The molecule has 0 unspecified atom stereocenters. The van der Waals surface area contributed by atoms with Crippen LogP contribution in [0.1, 0.15) is 22.8 Å². The molecular weight excluding hydrogens is 295 g/mol. The van der Waals surface area contributed by atoms with Gasteiger partial charge in [0.2, 0.25) is 0 Å². The molecule has 2 rings (SSSR count). The molecule has 2 N–H and O–H groups in total. The Hall–Kier alpha value is -2.40. The quantitative estimate of drug-likeness (QED) is 0.513. The van der Waals surface area contributed by atoms with Crippen LogP contribution in [0.4, 0.5) is 10.1 Å². The maximum atomic E-state index is 13.8. The molecule has 0 aromatic heterocycles. The van der Waals surface area contributed by atoms with Crippen molar-refractivity contribution in [2.45, 2.75) is 6.92 Å². The first-order valence-electron chi connectivity index (χ1n) is 6.08. The van der Waals surface area contributed by atoms with E-state index in [0.29, 0.717) is 17.0 Å². The highest BCUT2D eigenvalue weighted by Crippen LogP contribution is 2.21. The molecule has 0 aliphatic rings. The minimum atomic E-state index is -0.776. The Bertz CT molecular complexity index is 717. The van der Waals surface area contributed by atoms with Gasteiger partial charge in [-0.3, -0.25) is 4.79 Å². The molecule has 0 radical (unpaired) electrons. The van der Waals surface area contributed by atoms with Gasteiger partial charge in [0.15, 0.2) is 5.82 Å². The number of anilines is 1. The molecule has 0 saturated carbocycles. The first kappa shape index (κ1) is 15.0. The van der Waals surface area contributed by atoms with Gasteiger partial charge < -0.3 is 10.5 Å². The van der Waals surface area contributed by atoms with Gasteiger partial charge in [0, 0.05) is 5.56 Å². The minimum Gasteiger partial charge on any atom is -0.411 e. The molecule has 0 saturated heterocycles. The van der Waals surface area contributed by atoms with E-state index in [-0.39, 0.29) is 10.6 Å². The SMILES string of the molecule is C/C(=N/O)c1ccccc1NC(=O)c1cccc(Cl)c1F. The molecule has 6 heteroatoms. The molecule has 21 heavy (non-hydrogen) atoms. The zero-order valence-corrected chi connectivity index (χ0v) is 11.9. The van der Waals surface area contributed by atoms with Crippen LogP contribution in [0.25, 0.3) is 0 Å². The number of hydrogen-bond acceptors (Lipinski definition) is 3. The lowest BCUT2D eigenvalue weighted by Crippen LogP contribution is -2.16. The number of hydrogen-bond donors (Lipinski definition) is 2. The van der Waals surface area contributed by atoms with Gasteiger partial charge in [0.1, 0.15) is 0 Å². The molecule has 108 valence electrons. The van der Waals surface area contributed by atoms with Crippen LogP contribution in [0.3, 0.4) is 0 Å². The maximum Gasteiger partial charge on any atom is 0.258 e. The van der Waals surface area contributed by atoms with E-state index < -0.39 is 11.7 Å². The lowest BCUT2D eigenvalue weighted by Gasteiger charge is -2.11. The normalized spacial score (nSPS) is 11.3. The Morgan fingerprint density at radius 3 is 2.57 bits per heavy atom. The predicted molar refractivity (Wildman–Crippen MR) is 79.8 cm³/mol. The number of carbonyl (C=O) groups is 1. The summed E-state index contributed by atoms with van der Waals surface area (Å²) >= 11 is 5.66. The number of amides is 1. The van der Waals surface area contributed by atoms with Crippen LogP contribution in [-0.4, -0.2) is 16.8 Å². The average Bonchev–Trinajstić information content (AvgIpc) is 2.49. The van der Waals surface area contributed by atoms with E-state index in [1.54, 1.807) is 31.2 Å². The van der Waals surface area contributed by atoms with E-state index in [9.17, 15) is 9.18 Å². The van der Waals surface area contributed by atoms with Crippen molar-refractivity contribution >= 4 is 28.9 Å². The number of rotatable bonds is 3. The van der Waals surface area contributed by atoms with Crippen molar-refractivity contribution in [1.29, 1.82) is 0 Å². The monoisotopic (exact) mass is 306 g/mol. The van der Waals surface area contributed by atoms with Crippen molar-refractivity contribution < 1.29 is 14.4 Å². The molecule has 0 bridgehead atoms. The average molecular weight is 307 g/mol. The molecule has 2 aromatic carbocycles. The number of benzene rings is 2. The number of carbonyl (C=O) groups excluding carboxylic acids is 1. The van der Waals surface area contributed by atoms with Crippen LogP contribution in [0, 0.1) is 5.82 Å². The Kier molecular flexibility index (Phi) is 4.55. The summed E-state index contributed by atoms with van der Waals surface area (Å²) < 4.78 is 13.8. The van der Waals surface area contributed by atoms with Gasteiger partial charge in [0.05, 0.1) is 22.0 Å². The lowest BCUT2D eigenvalue weighted by atomic mass is 10.1. The first-order valence-corrected chi connectivity index (χ1v) is 6.46. The smallest absolute Gasteiger partial charge is 0.258 e. The summed E-state index contributed by atoms with van der Waals surface area (Å²) in [6, 6.07) is 10.9. The van der Waals surface area contributed by atoms with Crippen LogP contribution in [0.2, 0.25) is 5.02 Å². The fraction of sp³-hybridized carbons (Fsp3) is 0.0667. The maximum absolute atomic E-state index is 13.8. The molecule has 0 spiro atoms. The summed E-state index contributed by atoms with van der Waals surface area (Å²) in [7, 11) is 0. The predicted octanol–water partition coefficient (Wildman–Crippen LogP) is 3.93. The van der Waals surface area contributed by atoms with Crippen molar-refractivity contribution in [3.05, 3.63) is 64.4 Å². The first-order chi connectivity index (χ1) is 10.0. The van der Waals surface area contributed by atoms with Crippen molar-refractivity contribution in [2.24, 2.45) is 5.16 Å². The number of halogens is 2. The summed E-state index contributed by atoms with van der Waals surface area (Å²) in [5.41, 5.74) is 1.13. The molecular formula is C15H12ClFN2O2. The number of oxime groups is 1. The second kappa shape index (κ2) is 6.37. The van der Waals surface area contributed by atoms with Crippen LogP contribution in [0.15, 0.2) is 47.6 Å². The molecule has 0 aliphatic carbocycles. The van der Waals surface area contributed by atoms with Gasteiger partial charge in [-0.05, 0) is 25.1 Å². The van der Waals surface area contributed by atoms with E-state index in [4.69, 9.17) is 16.8 Å². The van der Waals surface area contributed by atoms with Crippen molar-refractivity contribution in [2.75, 3.05) is 5.32 Å². The topological polar surface area (TPSA) is 61.7 Å². The second-order valence-electron chi connectivity index (χ2n) is 4.29. The summed E-state index contributed by atoms with van der Waals surface area (Å²) in [5.74, 6) is -1.41. The molecule has 2 aromatic rings. The highest BCUT2D eigenvalue weighted by molar-refractivity contribution is 6.31. The fourth-order valence-corrected chi connectivity index (χ4v) is 2.00.